The average Bonchev–Trinajstić information content (AvgIpc) is 2.35. The van der Waals surface area contributed by atoms with Crippen LogP contribution in [0.5, 0.6) is 0 Å². The van der Waals surface area contributed by atoms with E-state index in [0.717, 1.165) is 0 Å². The Balaban J connectivity index is 2.06. The summed E-state index contributed by atoms with van der Waals surface area (Å²) in [7, 11) is 1.53. The Bertz CT molecular complexity index is 389. The summed E-state index contributed by atoms with van der Waals surface area (Å²) in [6.45, 7) is 6.63. The van der Waals surface area contributed by atoms with Gasteiger partial charge in [-0.15, -0.1) is 0 Å². The number of piperidine rings is 1. The van der Waals surface area contributed by atoms with Crippen molar-refractivity contribution in [3.8, 4) is 0 Å². The molecule has 0 aromatic rings. The van der Waals surface area contributed by atoms with Gasteiger partial charge in [0.05, 0.1) is 25.3 Å². The van der Waals surface area contributed by atoms with Crippen LogP contribution in [0.25, 0.3) is 0 Å². The van der Waals surface area contributed by atoms with Crippen LogP contribution in [-0.4, -0.2) is 61.4 Å². The standard InChI is InChI=1S/C15H25NO5/c1-15(2,3)21-14(18)16-11-5-10(13(17)9-19-4)6-12(16)8-20-7-11/h10-12H,5-9H2,1-4H3. The van der Waals surface area contributed by atoms with Crippen LogP contribution in [0.3, 0.4) is 0 Å². The van der Waals surface area contributed by atoms with Crippen LogP contribution >= 0.6 is 0 Å². The lowest BCUT2D eigenvalue weighted by Gasteiger charge is -2.47. The quantitative estimate of drug-likeness (QED) is 0.792. The van der Waals surface area contributed by atoms with E-state index < -0.39 is 5.60 Å². The van der Waals surface area contributed by atoms with Gasteiger partial charge in [-0.3, -0.25) is 9.69 Å². The van der Waals surface area contributed by atoms with E-state index >= 15 is 0 Å². The summed E-state index contributed by atoms with van der Waals surface area (Å²) >= 11 is 0. The van der Waals surface area contributed by atoms with E-state index in [1.165, 1.54) is 7.11 Å². The molecule has 0 spiro atoms. The highest BCUT2D eigenvalue weighted by atomic mass is 16.6. The topological polar surface area (TPSA) is 65.1 Å². The third kappa shape index (κ3) is 3.95. The molecule has 2 aliphatic rings. The second-order valence-electron chi connectivity index (χ2n) is 6.80. The molecule has 2 unspecified atom stereocenters. The first kappa shape index (κ1) is 16.2. The van der Waals surface area contributed by atoms with Gasteiger partial charge in [-0.25, -0.2) is 4.79 Å². The van der Waals surface area contributed by atoms with E-state index in [-0.39, 0.29) is 36.5 Å². The molecule has 2 aliphatic heterocycles. The fourth-order valence-electron chi connectivity index (χ4n) is 3.05. The first-order valence-electron chi connectivity index (χ1n) is 7.42. The summed E-state index contributed by atoms with van der Waals surface area (Å²) in [5.74, 6) is 0.0563. The number of hydrogen-bond acceptors (Lipinski definition) is 5. The second kappa shape index (κ2) is 6.32. The molecule has 2 rings (SSSR count). The lowest BCUT2D eigenvalue weighted by Crippen LogP contribution is -2.60. The molecule has 2 atom stereocenters. The molecular formula is C15H25NO5. The van der Waals surface area contributed by atoms with E-state index in [1.807, 2.05) is 20.8 Å². The highest BCUT2D eigenvalue weighted by Gasteiger charge is 2.44. The van der Waals surface area contributed by atoms with Crippen molar-refractivity contribution in [3.63, 3.8) is 0 Å². The fourth-order valence-corrected chi connectivity index (χ4v) is 3.05. The second-order valence-corrected chi connectivity index (χ2v) is 6.80. The van der Waals surface area contributed by atoms with Crippen LogP contribution in [0.2, 0.25) is 0 Å². The normalized spacial score (nSPS) is 29.1. The van der Waals surface area contributed by atoms with E-state index in [1.54, 1.807) is 4.90 Å². The van der Waals surface area contributed by atoms with Crippen molar-refractivity contribution < 1.29 is 23.8 Å². The molecular weight excluding hydrogens is 274 g/mol. The smallest absolute Gasteiger partial charge is 0.410 e. The Morgan fingerprint density at radius 1 is 1.19 bits per heavy atom. The number of hydrogen-bond donors (Lipinski definition) is 0. The monoisotopic (exact) mass is 299 g/mol. The molecule has 2 heterocycles. The van der Waals surface area contributed by atoms with Crippen molar-refractivity contribution in [1.82, 2.24) is 4.90 Å². The van der Waals surface area contributed by atoms with E-state index in [9.17, 15) is 9.59 Å². The summed E-state index contributed by atoms with van der Waals surface area (Å²) < 4.78 is 16.0. The number of nitrogens with zero attached hydrogens (tertiary/aromatic N) is 1. The van der Waals surface area contributed by atoms with E-state index in [4.69, 9.17) is 14.2 Å². The van der Waals surface area contributed by atoms with Crippen molar-refractivity contribution in [3.05, 3.63) is 0 Å². The summed E-state index contributed by atoms with van der Waals surface area (Å²) in [4.78, 5) is 26.2. The molecule has 2 fully saturated rings. The number of ketones is 1. The van der Waals surface area contributed by atoms with Crippen LogP contribution in [0.4, 0.5) is 4.79 Å². The number of carbonyl (C=O) groups is 2. The minimum absolute atomic E-state index is 0.0532. The van der Waals surface area contributed by atoms with Crippen LogP contribution in [0.1, 0.15) is 33.6 Å². The summed E-state index contributed by atoms with van der Waals surface area (Å²) in [6.07, 6.45) is 0.939. The summed E-state index contributed by atoms with van der Waals surface area (Å²) in [5, 5.41) is 0. The van der Waals surface area contributed by atoms with Crippen molar-refractivity contribution >= 4 is 11.9 Å². The van der Waals surface area contributed by atoms with Crippen LogP contribution < -0.4 is 0 Å². The van der Waals surface area contributed by atoms with Crippen molar-refractivity contribution in [2.75, 3.05) is 26.9 Å². The largest absolute Gasteiger partial charge is 0.444 e. The molecule has 2 saturated heterocycles. The SMILES string of the molecule is COCC(=O)C1CC2COCC(C1)N2C(=O)OC(C)(C)C. The van der Waals surface area contributed by atoms with Gasteiger partial charge in [0, 0.05) is 13.0 Å². The predicted octanol–water partition coefficient (Wildman–Crippen LogP) is 1.62. The lowest BCUT2D eigenvalue weighted by molar-refractivity contribution is -0.135. The minimum atomic E-state index is -0.519. The lowest BCUT2D eigenvalue weighted by atomic mass is 9.83. The van der Waals surface area contributed by atoms with Gasteiger partial charge in [0.15, 0.2) is 5.78 Å². The van der Waals surface area contributed by atoms with E-state index in [0.29, 0.717) is 26.1 Å². The Labute approximate surface area is 125 Å². The molecule has 2 bridgehead atoms. The molecule has 1 amide bonds. The summed E-state index contributed by atoms with van der Waals surface area (Å²) in [6, 6.07) is -0.170. The van der Waals surface area contributed by atoms with Gasteiger partial charge in [0.2, 0.25) is 0 Å². The fraction of sp³-hybridized carbons (Fsp3) is 0.867. The molecule has 0 aromatic heterocycles. The van der Waals surface area contributed by atoms with Crippen molar-refractivity contribution in [1.29, 1.82) is 0 Å². The van der Waals surface area contributed by atoms with Gasteiger partial charge >= 0.3 is 6.09 Å². The van der Waals surface area contributed by atoms with Gasteiger partial charge in [0.1, 0.15) is 12.2 Å². The maximum absolute atomic E-state index is 12.4. The number of Topliss-reactive ketones (excluding diaryl/α,β-unsaturated/α-hetero) is 1. The van der Waals surface area contributed by atoms with Gasteiger partial charge in [-0.1, -0.05) is 0 Å². The molecule has 6 heteroatoms. The number of fused-ring (bicyclic) bond motifs is 2. The molecule has 0 radical (unpaired) electrons. The van der Waals surface area contributed by atoms with Gasteiger partial charge in [-0.2, -0.15) is 0 Å². The third-order valence-corrected chi connectivity index (χ3v) is 3.87. The molecule has 0 saturated carbocycles. The first-order chi connectivity index (χ1) is 9.81. The summed E-state index contributed by atoms with van der Waals surface area (Å²) in [5.41, 5.74) is -0.519. The highest BCUT2D eigenvalue weighted by Crippen LogP contribution is 2.33. The number of morpholine rings is 1. The minimum Gasteiger partial charge on any atom is -0.444 e. The Morgan fingerprint density at radius 3 is 2.24 bits per heavy atom. The number of carbonyl (C=O) groups excluding carboxylic acids is 2. The Morgan fingerprint density at radius 2 is 1.76 bits per heavy atom. The highest BCUT2D eigenvalue weighted by molar-refractivity contribution is 5.82. The van der Waals surface area contributed by atoms with Gasteiger partial charge < -0.3 is 14.2 Å². The molecule has 21 heavy (non-hydrogen) atoms. The van der Waals surface area contributed by atoms with E-state index in [2.05, 4.69) is 0 Å². The van der Waals surface area contributed by atoms with Crippen LogP contribution in [-0.2, 0) is 19.0 Å². The maximum Gasteiger partial charge on any atom is 0.410 e. The van der Waals surface area contributed by atoms with Crippen LogP contribution in [0, 0.1) is 5.92 Å². The van der Waals surface area contributed by atoms with Crippen LogP contribution in [0.15, 0.2) is 0 Å². The number of ether oxygens (including phenoxy) is 3. The van der Waals surface area contributed by atoms with Gasteiger partial charge in [0.25, 0.3) is 0 Å². The third-order valence-electron chi connectivity index (χ3n) is 3.87. The van der Waals surface area contributed by atoms with Crippen molar-refractivity contribution in [2.24, 2.45) is 5.92 Å². The molecule has 0 N–H and O–H groups in total. The Kier molecular flexibility index (Phi) is 4.88. The molecule has 0 aromatic carbocycles. The molecule has 6 nitrogen and oxygen atoms in total. The average molecular weight is 299 g/mol. The zero-order valence-corrected chi connectivity index (χ0v) is 13.3. The zero-order chi connectivity index (χ0) is 15.6. The first-order valence-corrected chi connectivity index (χ1v) is 7.42. The van der Waals surface area contributed by atoms with Gasteiger partial charge in [-0.05, 0) is 33.6 Å². The molecule has 0 aliphatic carbocycles. The number of amides is 1. The number of rotatable bonds is 3. The predicted molar refractivity (Wildman–Crippen MR) is 76.1 cm³/mol. The Hall–Kier alpha value is -1.14. The maximum atomic E-state index is 12.4. The molecule has 120 valence electrons. The number of methoxy groups -OCH3 is 1. The van der Waals surface area contributed by atoms with Crippen molar-refractivity contribution in [2.45, 2.75) is 51.3 Å². The zero-order valence-electron chi connectivity index (χ0n) is 13.3.